The molecular formula is C8H15N3. The van der Waals surface area contributed by atoms with Gasteiger partial charge in [0.1, 0.15) is 0 Å². The van der Waals surface area contributed by atoms with Gasteiger partial charge < -0.3 is 5.73 Å². The summed E-state index contributed by atoms with van der Waals surface area (Å²) in [5.41, 5.74) is 6.74. The third-order valence-corrected chi connectivity index (χ3v) is 1.62. The third kappa shape index (κ3) is 2.72. The molecule has 1 unspecified atom stereocenters. The maximum absolute atomic E-state index is 5.61. The molecule has 62 valence electrons. The van der Waals surface area contributed by atoms with Crippen molar-refractivity contribution in [3.8, 4) is 0 Å². The van der Waals surface area contributed by atoms with E-state index in [0.29, 0.717) is 0 Å². The molecule has 0 amide bonds. The monoisotopic (exact) mass is 153 g/mol. The molecule has 0 saturated heterocycles. The van der Waals surface area contributed by atoms with Crippen molar-refractivity contribution in [2.24, 2.45) is 12.8 Å². The molecule has 0 saturated carbocycles. The van der Waals surface area contributed by atoms with Gasteiger partial charge in [0.25, 0.3) is 0 Å². The van der Waals surface area contributed by atoms with E-state index < -0.39 is 0 Å². The van der Waals surface area contributed by atoms with Crippen molar-refractivity contribution in [3.05, 3.63) is 18.0 Å². The Morgan fingerprint density at radius 3 is 2.91 bits per heavy atom. The maximum atomic E-state index is 5.61. The zero-order valence-electron chi connectivity index (χ0n) is 7.12. The highest BCUT2D eigenvalue weighted by Crippen LogP contribution is 2.00. The van der Waals surface area contributed by atoms with Crippen LogP contribution in [0.3, 0.4) is 0 Å². The van der Waals surface area contributed by atoms with Gasteiger partial charge in [-0.25, -0.2) is 0 Å². The molecule has 0 spiro atoms. The molecule has 1 heterocycles. The number of nitrogens with two attached hydrogens (primary N) is 1. The Kier molecular flexibility index (Phi) is 2.65. The Morgan fingerprint density at radius 2 is 2.45 bits per heavy atom. The molecular weight excluding hydrogens is 138 g/mol. The third-order valence-electron chi connectivity index (χ3n) is 1.62. The number of aryl methyl sites for hydroxylation is 2. The van der Waals surface area contributed by atoms with Gasteiger partial charge in [-0.15, -0.1) is 0 Å². The van der Waals surface area contributed by atoms with Gasteiger partial charge in [-0.3, -0.25) is 4.68 Å². The molecule has 0 aromatic carbocycles. The Balaban J connectivity index is 2.39. The summed E-state index contributed by atoms with van der Waals surface area (Å²) in [6.45, 7) is 2.02. The summed E-state index contributed by atoms with van der Waals surface area (Å²) in [5, 5.41) is 4.24. The Hall–Kier alpha value is -0.830. The summed E-state index contributed by atoms with van der Waals surface area (Å²) in [5.74, 6) is 0. The first-order valence-electron chi connectivity index (χ1n) is 3.92. The summed E-state index contributed by atoms with van der Waals surface area (Å²) < 4.78 is 1.82. The minimum Gasteiger partial charge on any atom is -0.328 e. The average Bonchev–Trinajstić information content (AvgIpc) is 2.31. The van der Waals surface area contributed by atoms with Crippen LogP contribution in [0.2, 0.25) is 0 Å². The van der Waals surface area contributed by atoms with Gasteiger partial charge in [0.05, 0.1) is 5.69 Å². The van der Waals surface area contributed by atoms with Crippen molar-refractivity contribution >= 4 is 0 Å². The van der Waals surface area contributed by atoms with Gasteiger partial charge in [0.15, 0.2) is 0 Å². The molecule has 0 bridgehead atoms. The predicted octanol–water partition coefficient (Wildman–Crippen LogP) is 0.700. The van der Waals surface area contributed by atoms with E-state index in [2.05, 4.69) is 5.10 Å². The van der Waals surface area contributed by atoms with Crippen LogP contribution in [0.1, 0.15) is 19.0 Å². The molecule has 0 aliphatic heterocycles. The zero-order chi connectivity index (χ0) is 8.27. The first-order valence-corrected chi connectivity index (χ1v) is 3.92. The van der Waals surface area contributed by atoms with E-state index in [0.717, 1.165) is 18.5 Å². The van der Waals surface area contributed by atoms with Gasteiger partial charge in [-0.05, 0) is 25.8 Å². The van der Waals surface area contributed by atoms with Gasteiger partial charge >= 0.3 is 0 Å². The van der Waals surface area contributed by atoms with E-state index in [4.69, 9.17) is 5.73 Å². The number of hydrogen-bond acceptors (Lipinski definition) is 2. The fourth-order valence-electron chi connectivity index (χ4n) is 0.972. The standard InChI is InChI=1S/C8H15N3/c1-7(9)3-4-8-5-6-11(2)10-8/h5-7H,3-4,9H2,1-2H3. The summed E-state index contributed by atoms with van der Waals surface area (Å²) in [6.07, 6.45) is 3.95. The van der Waals surface area contributed by atoms with Crippen LogP contribution in [0, 0.1) is 0 Å². The van der Waals surface area contributed by atoms with Crippen LogP contribution in [-0.4, -0.2) is 15.8 Å². The molecule has 0 radical (unpaired) electrons. The predicted molar refractivity (Wildman–Crippen MR) is 45.2 cm³/mol. The smallest absolute Gasteiger partial charge is 0.0625 e. The Morgan fingerprint density at radius 1 is 1.73 bits per heavy atom. The Labute approximate surface area is 67.2 Å². The molecule has 3 heteroatoms. The lowest BCUT2D eigenvalue weighted by molar-refractivity contribution is 0.645. The first-order chi connectivity index (χ1) is 5.18. The largest absolute Gasteiger partial charge is 0.328 e. The average molecular weight is 153 g/mol. The summed E-state index contributed by atoms with van der Waals surface area (Å²) in [4.78, 5) is 0. The molecule has 0 aliphatic rings. The highest BCUT2D eigenvalue weighted by Gasteiger charge is 1.98. The lowest BCUT2D eigenvalue weighted by Gasteiger charge is -2.00. The van der Waals surface area contributed by atoms with Crippen molar-refractivity contribution < 1.29 is 0 Å². The van der Waals surface area contributed by atoms with E-state index in [1.807, 2.05) is 30.9 Å². The van der Waals surface area contributed by atoms with Crippen LogP contribution in [0.4, 0.5) is 0 Å². The lowest BCUT2D eigenvalue weighted by Crippen LogP contribution is -2.15. The highest BCUT2D eigenvalue weighted by atomic mass is 15.2. The number of nitrogens with zero attached hydrogens (tertiary/aromatic N) is 2. The molecule has 1 rings (SSSR count). The van der Waals surface area contributed by atoms with Crippen molar-refractivity contribution in [3.63, 3.8) is 0 Å². The lowest BCUT2D eigenvalue weighted by atomic mass is 10.1. The van der Waals surface area contributed by atoms with Crippen LogP contribution >= 0.6 is 0 Å². The SMILES string of the molecule is CC(N)CCc1ccn(C)n1. The number of aromatic nitrogens is 2. The van der Waals surface area contributed by atoms with Gasteiger partial charge in [0, 0.05) is 19.3 Å². The second kappa shape index (κ2) is 3.53. The van der Waals surface area contributed by atoms with Crippen molar-refractivity contribution in [2.45, 2.75) is 25.8 Å². The van der Waals surface area contributed by atoms with E-state index >= 15 is 0 Å². The summed E-state index contributed by atoms with van der Waals surface area (Å²) in [7, 11) is 1.93. The van der Waals surface area contributed by atoms with E-state index in [1.54, 1.807) is 0 Å². The van der Waals surface area contributed by atoms with Crippen LogP contribution in [0.25, 0.3) is 0 Å². The van der Waals surface area contributed by atoms with E-state index in [9.17, 15) is 0 Å². The van der Waals surface area contributed by atoms with Crippen LogP contribution in [-0.2, 0) is 13.5 Å². The van der Waals surface area contributed by atoms with Crippen molar-refractivity contribution in [1.82, 2.24) is 9.78 Å². The first kappa shape index (κ1) is 8.27. The molecule has 1 atom stereocenters. The molecule has 11 heavy (non-hydrogen) atoms. The summed E-state index contributed by atoms with van der Waals surface area (Å²) in [6, 6.07) is 2.31. The quantitative estimate of drug-likeness (QED) is 0.694. The van der Waals surface area contributed by atoms with Gasteiger partial charge in [-0.1, -0.05) is 0 Å². The highest BCUT2D eigenvalue weighted by molar-refractivity contribution is 4.98. The molecule has 0 aliphatic carbocycles. The summed E-state index contributed by atoms with van der Waals surface area (Å²) >= 11 is 0. The van der Waals surface area contributed by atoms with Crippen LogP contribution in [0.15, 0.2) is 12.3 Å². The molecule has 3 nitrogen and oxygen atoms in total. The van der Waals surface area contributed by atoms with Gasteiger partial charge in [-0.2, -0.15) is 5.10 Å². The fraction of sp³-hybridized carbons (Fsp3) is 0.625. The van der Waals surface area contributed by atoms with E-state index in [-0.39, 0.29) is 6.04 Å². The normalized spacial score (nSPS) is 13.4. The van der Waals surface area contributed by atoms with Crippen LogP contribution < -0.4 is 5.73 Å². The maximum Gasteiger partial charge on any atom is 0.0625 e. The number of rotatable bonds is 3. The van der Waals surface area contributed by atoms with E-state index in [1.165, 1.54) is 0 Å². The molecule has 2 N–H and O–H groups in total. The van der Waals surface area contributed by atoms with Crippen molar-refractivity contribution in [1.29, 1.82) is 0 Å². The fourth-order valence-corrected chi connectivity index (χ4v) is 0.972. The molecule has 1 aromatic heterocycles. The van der Waals surface area contributed by atoms with Gasteiger partial charge in [0.2, 0.25) is 0 Å². The second-order valence-electron chi connectivity index (χ2n) is 3.00. The van der Waals surface area contributed by atoms with Crippen LogP contribution in [0.5, 0.6) is 0 Å². The molecule has 0 fully saturated rings. The second-order valence-corrected chi connectivity index (χ2v) is 3.00. The van der Waals surface area contributed by atoms with Crippen molar-refractivity contribution in [2.75, 3.05) is 0 Å². The minimum atomic E-state index is 0.275. The zero-order valence-corrected chi connectivity index (χ0v) is 7.12. The topological polar surface area (TPSA) is 43.8 Å². The Bertz CT molecular complexity index is 215. The molecule has 1 aromatic rings. The number of hydrogen-bond donors (Lipinski definition) is 1. The minimum absolute atomic E-state index is 0.275.